The summed E-state index contributed by atoms with van der Waals surface area (Å²) in [5, 5.41) is 0. The molecule has 0 aromatic rings. The molecule has 56 heavy (non-hydrogen) atoms. The maximum Gasteiger partial charge on any atom is 0.472 e. The summed E-state index contributed by atoms with van der Waals surface area (Å²) >= 11 is 0. The fourth-order valence-electron chi connectivity index (χ4n) is 6.34. The second kappa shape index (κ2) is 39.0. The fourth-order valence-corrected chi connectivity index (χ4v) is 7.08. The molecule has 0 aromatic carbocycles. The van der Waals surface area contributed by atoms with Crippen LogP contribution in [0.25, 0.3) is 0 Å². The third kappa shape index (κ3) is 42.1. The number of likely N-dealkylation sites (N-methyl/N-ethyl adjacent to an activating group) is 1. The van der Waals surface area contributed by atoms with Gasteiger partial charge in [0.15, 0.2) is 6.10 Å². The monoisotopic (exact) mass is 815 g/mol. The predicted molar refractivity (Wildman–Crippen MR) is 234 cm³/mol. The zero-order chi connectivity index (χ0) is 41.4. The topological polar surface area (TPSA) is 108 Å². The first-order valence-electron chi connectivity index (χ1n) is 23.1. The van der Waals surface area contributed by atoms with Gasteiger partial charge in [0.05, 0.1) is 27.7 Å². The number of nitrogens with zero attached hydrogens (tertiary/aromatic N) is 1. The molecule has 9 nitrogen and oxygen atoms in total. The van der Waals surface area contributed by atoms with Gasteiger partial charge in [-0.2, -0.15) is 0 Å². The van der Waals surface area contributed by atoms with Crippen LogP contribution < -0.4 is 0 Å². The molecule has 0 saturated heterocycles. The molecule has 0 bridgehead atoms. The number of rotatable bonds is 42. The van der Waals surface area contributed by atoms with Crippen molar-refractivity contribution in [2.75, 3.05) is 47.5 Å². The highest BCUT2D eigenvalue weighted by Gasteiger charge is 2.27. The zero-order valence-electron chi connectivity index (χ0n) is 37.1. The first-order chi connectivity index (χ1) is 27.0. The van der Waals surface area contributed by atoms with Crippen LogP contribution in [0.4, 0.5) is 0 Å². The molecule has 0 aliphatic heterocycles. The number of allylic oxidation sites excluding steroid dienone is 4. The molecule has 0 saturated carbocycles. The van der Waals surface area contributed by atoms with Crippen LogP contribution in [0.5, 0.6) is 0 Å². The van der Waals surface area contributed by atoms with E-state index in [-0.39, 0.29) is 32.0 Å². The first-order valence-corrected chi connectivity index (χ1v) is 24.6. The van der Waals surface area contributed by atoms with Crippen LogP contribution in [0.2, 0.25) is 0 Å². The normalized spacial score (nSPS) is 13.8. The SMILES string of the molecule is CCCCCCCC/C=C/C/C=C/CCCCC(=O)O[C@H](COC(=O)CCCCCCCCCCCCCCCCCCC)COP(=O)(O)OCC[N+](C)(C)C. The highest BCUT2D eigenvalue weighted by Crippen LogP contribution is 2.43. The Kier molecular flexibility index (Phi) is 37.9. The molecule has 0 fully saturated rings. The summed E-state index contributed by atoms with van der Waals surface area (Å²) in [5.74, 6) is -0.828. The molecular formula is C46H89NO8P+. The summed E-state index contributed by atoms with van der Waals surface area (Å²) in [7, 11) is 1.46. The largest absolute Gasteiger partial charge is 0.472 e. The summed E-state index contributed by atoms with van der Waals surface area (Å²) in [5.41, 5.74) is 0. The van der Waals surface area contributed by atoms with Gasteiger partial charge in [0, 0.05) is 12.8 Å². The third-order valence-corrected chi connectivity index (χ3v) is 11.0. The van der Waals surface area contributed by atoms with Crippen LogP contribution in [0.15, 0.2) is 24.3 Å². The molecule has 10 heteroatoms. The Morgan fingerprint density at radius 3 is 1.45 bits per heavy atom. The van der Waals surface area contributed by atoms with Crippen molar-refractivity contribution in [2.24, 2.45) is 0 Å². The molecule has 2 atom stereocenters. The van der Waals surface area contributed by atoms with Gasteiger partial charge in [0.25, 0.3) is 0 Å². The van der Waals surface area contributed by atoms with Crippen molar-refractivity contribution >= 4 is 19.8 Å². The Hall–Kier alpha value is -1.51. The number of unbranched alkanes of at least 4 members (excludes halogenated alkanes) is 24. The van der Waals surface area contributed by atoms with Crippen LogP contribution in [0.1, 0.15) is 206 Å². The fraction of sp³-hybridized carbons (Fsp3) is 0.870. The van der Waals surface area contributed by atoms with Gasteiger partial charge in [-0.3, -0.25) is 18.6 Å². The molecule has 0 radical (unpaired) electrons. The van der Waals surface area contributed by atoms with Crippen molar-refractivity contribution in [1.82, 2.24) is 0 Å². The molecule has 0 spiro atoms. The minimum atomic E-state index is -4.38. The third-order valence-electron chi connectivity index (χ3n) is 9.98. The van der Waals surface area contributed by atoms with Crippen molar-refractivity contribution in [3.8, 4) is 0 Å². The Labute approximate surface area is 345 Å². The van der Waals surface area contributed by atoms with Gasteiger partial charge in [-0.25, -0.2) is 4.57 Å². The molecular weight excluding hydrogens is 725 g/mol. The van der Waals surface area contributed by atoms with Crippen molar-refractivity contribution in [3.05, 3.63) is 24.3 Å². The van der Waals surface area contributed by atoms with E-state index in [1.807, 2.05) is 21.1 Å². The van der Waals surface area contributed by atoms with E-state index < -0.39 is 26.5 Å². The number of phosphoric acid groups is 1. The lowest BCUT2D eigenvalue weighted by atomic mass is 10.0. The molecule has 0 aromatic heterocycles. The number of phosphoric ester groups is 1. The zero-order valence-corrected chi connectivity index (χ0v) is 38.0. The van der Waals surface area contributed by atoms with Crippen LogP contribution >= 0.6 is 7.82 Å². The number of carbonyl (C=O) groups excluding carboxylic acids is 2. The minimum Gasteiger partial charge on any atom is -0.462 e. The van der Waals surface area contributed by atoms with E-state index in [1.54, 1.807) is 0 Å². The highest BCUT2D eigenvalue weighted by atomic mass is 31.2. The molecule has 330 valence electrons. The average molecular weight is 815 g/mol. The number of hydrogen-bond acceptors (Lipinski definition) is 7. The van der Waals surface area contributed by atoms with E-state index in [0.29, 0.717) is 17.4 Å². The smallest absolute Gasteiger partial charge is 0.462 e. The van der Waals surface area contributed by atoms with E-state index in [1.165, 1.54) is 128 Å². The Balaban J connectivity index is 4.35. The molecule has 0 heterocycles. The van der Waals surface area contributed by atoms with E-state index in [4.69, 9.17) is 18.5 Å². The van der Waals surface area contributed by atoms with Crippen LogP contribution in [0, 0.1) is 0 Å². The molecule has 0 aliphatic rings. The number of carbonyl (C=O) groups is 2. The van der Waals surface area contributed by atoms with Crippen molar-refractivity contribution in [1.29, 1.82) is 0 Å². The molecule has 1 N–H and O–H groups in total. The first kappa shape index (κ1) is 54.5. The maximum absolute atomic E-state index is 12.7. The highest BCUT2D eigenvalue weighted by molar-refractivity contribution is 7.47. The van der Waals surface area contributed by atoms with Crippen molar-refractivity contribution in [3.63, 3.8) is 0 Å². The second-order valence-corrected chi connectivity index (χ2v) is 18.2. The summed E-state index contributed by atoms with van der Waals surface area (Å²) in [6, 6.07) is 0. The predicted octanol–water partition coefficient (Wildman–Crippen LogP) is 13.1. The van der Waals surface area contributed by atoms with Gasteiger partial charge in [-0.1, -0.05) is 173 Å². The van der Waals surface area contributed by atoms with Gasteiger partial charge in [0.2, 0.25) is 0 Å². The van der Waals surface area contributed by atoms with E-state index in [9.17, 15) is 19.0 Å². The maximum atomic E-state index is 12.7. The van der Waals surface area contributed by atoms with E-state index in [2.05, 4.69) is 38.2 Å². The Bertz CT molecular complexity index is 1010. The number of esters is 2. The lowest BCUT2D eigenvalue weighted by Crippen LogP contribution is -2.37. The van der Waals surface area contributed by atoms with Gasteiger partial charge in [0.1, 0.15) is 19.8 Å². The summed E-state index contributed by atoms with van der Waals surface area (Å²) < 4.78 is 34.3. The van der Waals surface area contributed by atoms with Gasteiger partial charge in [-0.15, -0.1) is 0 Å². The number of quaternary nitrogens is 1. The van der Waals surface area contributed by atoms with Crippen molar-refractivity contribution in [2.45, 2.75) is 213 Å². The second-order valence-electron chi connectivity index (χ2n) is 16.8. The van der Waals surface area contributed by atoms with Crippen LogP contribution in [0.3, 0.4) is 0 Å². The van der Waals surface area contributed by atoms with Gasteiger partial charge < -0.3 is 18.9 Å². The van der Waals surface area contributed by atoms with Gasteiger partial charge in [-0.05, 0) is 44.9 Å². The minimum absolute atomic E-state index is 0.0278. The quantitative estimate of drug-likeness (QED) is 0.0213. The molecule has 1 unspecified atom stereocenters. The molecule has 0 aliphatic carbocycles. The summed E-state index contributed by atoms with van der Waals surface area (Å²) in [6.07, 6.45) is 42.3. The van der Waals surface area contributed by atoms with Crippen LogP contribution in [-0.2, 0) is 32.7 Å². The van der Waals surface area contributed by atoms with Gasteiger partial charge >= 0.3 is 19.8 Å². The summed E-state index contributed by atoms with van der Waals surface area (Å²) in [4.78, 5) is 35.4. The Morgan fingerprint density at radius 2 is 0.964 bits per heavy atom. The number of hydrogen-bond donors (Lipinski definition) is 1. The lowest BCUT2D eigenvalue weighted by Gasteiger charge is -2.24. The van der Waals surface area contributed by atoms with E-state index in [0.717, 1.165) is 44.9 Å². The molecule has 0 amide bonds. The Morgan fingerprint density at radius 1 is 0.554 bits per heavy atom. The average Bonchev–Trinajstić information content (AvgIpc) is 3.15. The van der Waals surface area contributed by atoms with Crippen LogP contribution in [-0.4, -0.2) is 74.9 Å². The lowest BCUT2D eigenvalue weighted by molar-refractivity contribution is -0.870. The summed E-state index contributed by atoms with van der Waals surface area (Å²) in [6.45, 7) is 4.40. The standard InChI is InChI=1S/C46H88NO8P/c1-6-8-10-12-14-16-18-20-22-23-25-26-28-30-32-34-36-38-45(48)52-42-44(43-54-56(50,51)53-41-40-47(3,4)5)55-46(49)39-37-35-33-31-29-27-24-21-19-17-15-13-11-9-7-2/h21,24,29,31,44H,6-20,22-23,25-28,30,32-43H2,1-5H3/p+1/b24-21+,31-29+/t44-/m1/s1. The molecule has 0 rings (SSSR count). The number of ether oxygens (including phenoxy) is 2. The van der Waals surface area contributed by atoms with Crippen molar-refractivity contribution < 1.29 is 42.1 Å². The van der Waals surface area contributed by atoms with E-state index >= 15 is 0 Å².